The summed E-state index contributed by atoms with van der Waals surface area (Å²) in [6.45, 7) is 3.20. The van der Waals surface area contributed by atoms with Crippen LogP contribution in [-0.4, -0.2) is 47.4 Å². The number of halogens is 3. The number of piperidine rings is 1. The van der Waals surface area contributed by atoms with Gasteiger partial charge in [0.05, 0.1) is 17.0 Å². The second kappa shape index (κ2) is 8.48. The van der Waals surface area contributed by atoms with Crippen molar-refractivity contribution < 1.29 is 23.1 Å². The number of rotatable bonds is 4. The molecule has 1 aromatic carbocycles. The number of benzene rings is 1. The molecule has 0 aliphatic carbocycles. The monoisotopic (exact) mass is 420 g/mol. The van der Waals surface area contributed by atoms with E-state index >= 15 is 0 Å². The van der Waals surface area contributed by atoms with E-state index in [1.807, 2.05) is 6.07 Å². The molecule has 1 aliphatic rings. The van der Waals surface area contributed by atoms with Crippen LogP contribution in [0.2, 0.25) is 0 Å². The molecule has 3 atom stereocenters. The lowest BCUT2D eigenvalue weighted by molar-refractivity contribution is -0.178. The minimum atomic E-state index is -4.43. The molecular weight excluding hydrogens is 397 g/mol. The molecule has 2 aromatic rings. The van der Waals surface area contributed by atoms with Crippen molar-refractivity contribution >= 4 is 22.5 Å². The fourth-order valence-corrected chi connectivity index (χ4v) is 3.75. The number of amides is 1. The van der Waals surface area contributed by atoms with Gasteiger partial charge in [0.2, 0.25) is 5.91 Å². The van der Waals surface area contributed by atoms with Crippen molar-refractivity contribution in [2.24, 2.45) is 11.8 Å². The van der Waals surface area contributed by atoms with Crippen molar-refractivity contribution in [3.8, 4) is 6.07 Å². The number of aromatic nitrogens is 1. The van der Waals surface area contributed by atoms with E-state index < -0.39 is 30.1 Å². The highest BCUT2D eigenvalue weighted by molar-refractivity contribution is 5.95. The molecule has 1 fully saturated rings. The Morgan fingerprint density at radius 1 is 1.33 bits per heavy atom. The van der Waals surface area contributed by atoms with Crippen LogP contribution in [0.3, 0.4) is 0 Å². The molecule has 2 N–H and O–H groups in total. The summed E-state index contributed by atoms with van der Waals surface area (Å²) in [5.74, 6) is -2.67. The fourth-order valence-electron chi connectivity index (χ4n) is 3.75. The van der Waals surface area contributed by atoms with E-state index in [4.69, 9.17) is 0 Å². The number of anilines is 1. The van der Waals surface area contributed by atoms with Crippen LogP contribution in [0.15, 0.2) is 30.5 Å². The first-order chi connectivity index (χ1) is 14.1. The molecule has 1 aromatic heterocycles. The van der Waals surface area contributed by atoms with Gasteiger partial charge in [-0.15, -0.1) is 0 Å². The maximum Gasteiger partial charge on any atom is 0.393 e. The number of nitrogens with one attached hydrogen (secondary N) is 1. The second-order valence-electron chi connectivity index (χ2n) is 7.92. The number of pyridine rings is 1. The maximum atomic E-state index is 13.6. The standard InChI is InChI=1S/C21H23F3N4O2/c1-12(2)19(29)20(30)27-15-8-14(21(22,23)24)10-28(11-15)17-6-5-13(9-25)18-16(17)4-3-7-26-18/h3-7,12,14-15,19,29H,8,10-11H2,1-2H3,(H,27,30)/t14?,15?,19-/m0/s1. The van der Waals surface area contributed by atoms with Crippen LogP contribution < -0.4 is 10.2 Å². The van der Waals surface area contributed by atoms with E-state index in [1.54, 1.807) is 36.9 Å². The molecular formula is C21H23F3N4O2. The number of nitriles is 1. The van der Waals surface area contributed by atoms with Crippen LogP contribution >= 0.6 is 0 Å². The van der Waals surface area contributed by atoms with Crippen LogP contribution in [0, 0.1) is 23.2 Å². The summed E-state index contributed by atoms with van der Waals surface area (Å²) in [6.07, 6.45) is -4.45. The predicted octanol–water partition coefficient (Wildman–Crippen LogP) is 3.00. The number of carbonyl (C=O) groups is 1. The van der Waals surface area contributed by atoms with Crippen LogP contribution in [0.4, 0.5) is 18.9 Å². The van der Waals surface area contributed by atoms with E-state index in [0.29, 0.717) is 22.2 Å². The zero-order valence-electron chi connectivity index (χ0n) is 16.6. The lowest BCUT2D eigenvalue weighted by Crippen LogP contribution is -2.55. The molecule has 2 heterocycles. The van der Waals surface area contributed by atoms with Gasteiger partial charge in [0.15, 0.2) is 0 Å². The number of hydrogen-bond acceptors (Lipinski definition) is 5. The second-order valence-corrected chi connectivity index (χ2v) is 7.92. The molecule has 0 bridgehead atoms. The molecule has 6 nitrogen and oxygen atoms in total. The van der Waals surface area contributed by atoms with Gasteiger partial charge < -0.3 is 15.3 Å². The molecule has 0 spiro atoms. The van der Waals surface area contributed by atoms with E-state index in [1.165, 1.54) is 12.3 Å². The third-order valence-electron chi connectivity index (χ3n) is 5.37. The molecule has 0 saturated carbocycles. The number of aliphatic hydroxyl groups is 1. The molecule has 160 valence electrons. The van der Waals surface area contributed by atoms with Gasteiger partial charge in [0.25, 0.3) is 0 Å². The molecule has 1 saturated heterocycles. The Bertz CT molecular complexity index is 971. The zero-order valence-corrected chi connectivity index (χ0v) is 16.6. The van der Waals surface area contributed by atoms with Crippen molar-refractivity contribution in [2.45, 2.75) is 38.6 Å². The average Bonchev–Trinajstić information content (AvgIpc) is 2.71. The highest BCUT2D eigenvalue weighted by Crippen LogP contribution is 2.37. The first-order valence-corrected chi connectivity index (χ1v) is 9.69. The first-order valence-electron chi connectivity index (χ1n) is 9.69. The number of aliphatic hydroxyl groups excluding tert-OH is 1. The molecule has 3 rings (SSSR count). The SMILES string of the molecule is CC(C)[C@H](O)C(=O)NC1CC(C(F)(F)F)CN(c2ccc(C#N)c3ncccc23)C1. The summed E-state index contributed by atoms with van der Waals surface area (Å²) in [4.78, 5) is 18.0. The third-order valence-corrected chi connectivity index (χ3v) is 5.37. The third kappa shape index (κ3) is 4.49. The van der Waals surface area contributed by atoms with E-state index in [9.17, 15) is 28.3 Å². The normalized spacial score (nSPS) is 20.8. The van der Waals surface area contributed by atoms with Gasteiger partial charge in [-0.25, -0.2) is 0 Å². The summed E-state index contributed by atoms with van der Waals surface area (Å²) in [6, 6.07) is 7.79. The summed E-state index contributed by atoms with van der Waals surface area (Å²) in [5, 5.41) is 22.4. The van der Waals surface area contributed by atoms with Gasteiger partial charge in [0, 0.05) is 36.4 Å². The number of carbonyl (C=O) groups excluding carboxylic acids is 1. The van der Waals surface area contributed by atoms with Gasteiger partial charge in [-0.1, -0.05) is 13.8 Å². The highest BCUT2D eigenvalue weighted by Gasteiger charge is 2.45. The molecule has 9 heteroatoms. The van der Waals surface area contributed by atoms with Crippen LogP contribution in [0.1, 0.15) is 25.8 Å². The molecule has 0 radical (unpaired) electrons. The van der Waals surface area contributed by atoms with Crippen LogP contribution in [0.25, 0.3) is 10.9 Å². The van der Waals surface area contributed by atoms with E-state index in [-0.39, 0.29) is 25.4 Å². The lowest BCUT2D eigenvalue weighted by atomic mass is 9.92. The van der Waals surface area contributed by atoms with Crippen molar-refractivity contribution in [3.63, 3.8) is 0 Å². The van der Waals surface area contributed by atoms with Gasteiger partial charge in [-0.05, 0) is 36.6 Å². The topological polar surface area (TPSA) is 89.2 Å². The number of hydrogen-bond donors (Lipinski definition) is 2. The van der Waals surface area contributed by atoms with Crippen LogP contribution in [-0.2, 0) is 4.79 Å². The fraction of sp³-hybridized carbons (Fsp3) is 0.476. The largest absolute Gasteiger partial charge is 0.393 e. The highest BCUT2D eigenvalue weighted by atomic mass is 19.4. The number of alkyl halides is 3. The Kier molecular flexibility index (Phi) is 6.17. The summed E-state index contributed by atoms with van der Waals surface area (Å²) < 4.78 is 40.8. The van der Waals surface area contributed by atoms with Crippen molar-refractivity contribution in [1.82, 2.24) is 10.3 Å². The van der Waals surface area contributed by atoms with Gasteiger partial charge >= 0.3 is 6.18 Å². The minimum absolute atomic E-state index is 0.152. The summed E-state index contributed by atoms with van der Waals surface area (Å²) >= 11 is 0. The van der Waals surface area contributed by atoms with Gasteiger partial charge in [0.1, 0.15) is 12.2 Å². The van der Waals surface area contributed by atoms with Crippen molar-refractivity contribution in [1.29, 1.82) is 5.26 Å². The van der Waals surface area contributed by atoms with Gasteiger partial charge in [-0.2, -0.15) is 18.4 Å². The zero-order chi connectivity index (χ0) is 22.1. The Morgan fingerprint density at radius 3 is 2.70 bits per heavy atom. The minimum Gasteiger partial charge on any atom is -0.383 e. The molecule has 1 amide bonds. The van der Waals surface area contributed by atoms with Crippen molar-refractivity contribution in [3.05, 3.63) is 36.0 Å². The smallest absolute Gasteiger partial charge is 0.383 e. The summed E-state index contributed by atoms with van der Waals surface area (Å²) in [7, 11) is 0. The first kappa shape index (κ1) is 21.8. The Morgan fingerprint density at radius 2 is 2.07 bits per heavy atom. The van der Waals surface area contributed by atoms with Gasteiger partial charge in [-0.3, -0.25) is 9.78 Å². The maximum absolute atomic E-state index is 13.6. The molecule has 2 unspecified atom stereocenters. The quantitative estimate of drug-likeness (QED) is 0.794. The van der Waals surface area contributed by atoms with Crippen LogP contribution in [0.5, 0.6) is 0 Å². The average molecular weight is 420 g/mol. The Balaban J connectivity index is 1.95. The summed E-state index contributed by atoms with van der Waals surface area (Å²) in [5.41, 5.74) is 1.28. The van der Waals surface area contributed by atoms with Crippen molar-refractivity contribution in [2.75, 3.05) is 18.0 Å². The number of fused-ring (bicyclic) bond motifs is 1. The van der Waals surface area contributed by atoms with E-state index in [2.05, 4.69) is 10.3 Å². The van der Waals surface area contributed by atoms with E-state index in [0.717, 1.165) is 0 Å². The predicted molar refractivity (Wildman–Crippen MR) is 106 cm³/mol. The lowest BCUT2D eigenvalue weighted by Gasteiger charge is -2.40. The number of nitrogens with zero attached hydrogens (tertiary/aromatic N) is 3. The molecule has 30 heavy (non-hydrogen) atoms. The Hall–Kier alpha value is -2.86. The Labute approximate surface area is 172 Å². The molecule has 1 aliphatic heterocycles.